The minimum Gasteiger partial charge on any atom is -0.353 e. The van der Waals surface area contributed by atoms with Gasteiger partial charge in [0.1, 0.15) is 17.0 Å². The van der Waals surface area contributed by atoms with E-state index in [0.29, 0.717) is 36.9 Å². The number of carbonyl (C=O) groups is 2. The molecular weight excluding hydrogens is 388 g/mol. The number of nitrogens with one attached hydrogen (secondary N) is 1. The van der Waals surface area contributed by atoms with Crippen LogP contribution in [0, 0.1) is 12.8 Å². The van der Waals surface area contributed by atoms with Crippen LogP contribution in [0.25, 0.3) is 0 Å². The van der Waals surface area contributed by atoms with E-state index in [1.54, 1.807) is 18.2 Å². The van der Waals surface area contributed by atoms with Crippen LogP contribution in [0.15, 0.2) is 42.5 Å². The SMILES string of the molecule is Cc1ccc(C(=O)NC(C(=O)N2CCN(c3cccc(Cl)n3)CC2)C(C)C)cc1. The van der Waals surface area contributed by atoms with Gasteiger partial charge in [-0.25, -0.2) is 4.98 Å². The summed E-state index contributed by atoms with van der Waals surface area (Å²) in [6.07, 6.45) is 0. The van der Waals surface area contributed by atoms with Gasteiger partial charge < -0.3 is 15.1 Å². The second-order valence-corrected chi connectivity index (χ2v) is 8.08. The van der Waals surface area contributed by atoms with E-state index >= 15 is 0 Å². The maximum Gasteiger partial charge on any atom is 0.251 e. The summed E-state index contributed by atoms with van der Waals surface area (Å²) in [5.41, 5.74) is 1.65. The van der Waals surface area contributed by atoms with E-state index in [1.807, 2.05) is 49.9 Å². The summed E-state index contributed by atoms with van der Waals surface area (Å²) in [7, 11) is 0. The second kappa shape index (κ2) is 9.27. The molecule has 0 spiro atoms. The minimum absolute atomic E-state index is 0.00970. The highest BCUT2D eigenvalue weighted by molar-refractivity contribution is 6.29. The van der Waals surface area contributed by atoms with Gasteiger partial charge in [0, 0.05) is 31.7 Å². The Labute approximate surface area is 176 Å². The quantitative estimate of drug-likeness (QED) is 0.763. The molecular formula is C22H27ClN4O2. The topological polar surface area (TPSA) is 65.5 Å². The van der Waals surface area contributed by atoms with Crippen molar-refractivity contribution in [2.45, 2.75) is 26.8 Å². The largest absolute Gasteiger partial charge is 0.353 e. The van der Waals surface area contributed by atoms with E-state index in [1.165, 1.54) is 0 Å². The lowest BCUT2D eigenvalue weighted by Gasteiger charge is -2.37. The van der Waals surface area contributed by atoms with Crippen molar-refractivity contribution in [3.8, 4) is 0 Å². The Hall–Kier alpha value is -2.60. The van der Waals surface area contributed by atoms with Crippen molar-refractivity contribution in [1.82, 2.24) is 15.2 Å². The van der Waals surface area contributed by atoms with Crippen molar-refractivity contribution in [1.29, 1.82) is 0 Å². The Morgan fingerprint density at radius 2 is 1.69 bits per heavy atom. The first-order valence-electron chi connectivity index (χ1n) is 9.89. The van der Waals surface area contributed by atoms with Gasteiger partial charge in [0.05, 0.1) is 0 Å². The molecule has 6 nitrogen and oxygen atoms in total. The fourth-order valence-electron chi connectivity index (χ4n) is 3.37. The van der Waals surface area contributed by atoms with Gasteiger partial charge in [0.25, 0.3) is 5.91 Å². The summed E-state index contributed by atoms with van der Waals surface area (Å²) < 4.78 is 0. The van der Waals surface area contributed by atoms with Crippen LogP contribution >= 0.6 is 11.6 Å². The Bertz CT molecular complexity index is 861. The average molecular weight is 415 g/mol. The summed E-state index contributed by atoms with van der Waals surface area (Å²) in [6.45, 7) is 8.38. The predicted molar refractivity (Wildman–Crippen MR) is 115 cm³/mol. The number of hydrogen-bond acceptors (Lipinski definition) is 4. The zero-order valence-electron chi connectivity index (χ0n) is 17.1. The minimum atomic E-state index is -0.556. The Balaban J connectivity index is 1.62. The van der Waals surface area contributed by atoms with Crippen LogP contribution in [0.5, 0.6) is 0 Å². The molecule has 0 saturated carbocycles. The number of rotatable bonds is 5. The molecule has 2 aromatic rings. The van der Waals surface area contributed by atoms with Crippen LogP contribution in [-0.2, 0) is 4.79 Å². The highest BCUT2D eigenvalue weighted by Gasteiger charge is 2.31. The van der Waals surface area contributed by atoms with Crippen LogP contribution in [0.3, 0.4) is 0 Å². The molecule has 29 heavy (non-hydrogen) atoms. The van der Waals surface area contributed by atoms with Crippen molar-refractivity contribution in [2.24, 2.45) is 5.92 Å². The molecule has 7 heteroatoms. The Kier molecular flexibility index (Phi) is 6.75. The maximum atomic E-state index is 13.1. The van der Waals surface area contributed by atoms with Gasteiger partial charge in [-0.2, -0.15) is 0 Å². The van der Waals surface area contributed by atoms with Crippen LogP contribution in [-0.4, -0.2) is 53.9 Å². The van der Waals surface area contributed by atoms with Crippen LogP contribution < -0.4 is 10.2 Å². The maximum absolute atomic E-state index is 13.1. The monoisotopic (exact) mass is 414 g/mol. The fraction of sp³-hybridized carbons (Fsp3) is 0.409. The molecule has 1 aromatic heterocycles. The third-order valence-electron chi connectivity index (χ3n) is 5.15. The molecule has 1 aromatic carbocycles. The summed E-state index contributed by atoms with van der Waals surface area (Å²) in [5.74, 6) is 0.542. The zero-order chi connectivity index (χ0) is 21.0. The number of pyridine rings is 1. The number of aryl methyl sites for hydroxylation is 1. The fourth-order valence-corrected chi connectivity index (χ4v) is 3.53. The van der Waals surface area contributed by atoms with Crippen LogP contribution in [0.4, 0.5) is 5.82 Å². The van der Waals surface area contributed by atoms with Gasteiger partial charge >= 0.3 is 0 Å². The zero-order valence-corrected chi connectivity index (χ0v) is 17.8. The van der Waals surface area contributed by atoms with E-state index < -0.39 is 6.04 Å². The molecule has 0 aliphatic carbocycles. The van der Waals surface area contributed by atoms with E-state index in [4.69, 9.17) is 11.6 Å². The normalized spacial score (nSPS) is 15.3. The van der Waals surface area contributed by atoms with Crippen molar-refractivity contribution in [2.75, 3.05) is 31.1 Å². The molecule has 0 radical (unpaired) electrons. The summed E-state index contributed by atoms with van der Waals surface area (Å²) in [4.78, 5) is 34.0. The number of nitrogens with zero attached hydrogens (tertiary/aromatic N) is 3. The first-order chi connectivity index (χ1) is 13.8. The summed E-state index contributed by atoms with van der Waals surface area (Å²) in [5, 5.41) is 3.38. The number of aromatic nitrogens is 1. The number of benzene rings is 1. The number of anilines is 1. The number of carbonyl (C=O) groups excluding carboxylic acids is 2. The van der Waals surface area contributed by atoms with E-state index in [0.717, 1.165) is 11.4 Å². The van der Waals surface area contributed by atoms with Crippen LogP contribution in [0.2, 0.25) is 5.15 Å². The van der Waals surface area contributed by atoms with E-state index in [-0.39, 0.29) is 17.7 Å². The number of halogens is 1. The molecule has 3 rings (SSSR count). The molecule has 1 fully saturated rings. The van der Waals surface area contributed by atoms with Gasteiger partial charge in [0.2, 0.25) is 5.91 Å². The van der Waals surface area contributed by atoms with Gasteiger partial charge in [-0.3, -0.25) is 9.59 Å². The molecule has 1 atom stereocenters. The molecule has 1 aliphatic heterocycles. The molecule has 1 N–H and O–H groups in total. The molecule has 0 bridgehead atoms. The van der Waals surface area contributed by atoms with Crippen molar-refractivity contribution in [3.63, 3.8) is 0 Å². The smallest absolute Gasteiger partial charge is 0.251 e. The Morgan fingerprint density at radius 1 is 1.03 bits per heavy atom. The molecule has 154 valence electrons. The standard InChI is InChI=1S/C22H27ClN4O2/c1-15(2)20(25-21(28)17-9-7-16(3)8-10-17)22(29)27-13-11-26(12-14-27)19-6-4-5-18(23)24-19/h4-10,15,20H,11-14H2,1-3H3,(H,25,28). The molecule has 2 heterocycles. The van der Waals surface area contributed by atoms with E-state index in [9.17, 15) is 9.59 Å². The highest BCUT2D eigenvalue weighted by Crippen LogP contribution is 2.18. The third-order valence-corrected chi connectivity index (χ3v) is 5.36. The lowest BCUT2D eigenvalue weighted by molar-refractivity contribution is -0.134. The molecule has 2 amide bonds. The number of hydrogen-bond donors (Lipinski definition) is 1. The van der Waals surface area contributed by atoms with Crippen LogP contribution in [0.1, 0.15) is 29.8 Å². The van der Waals surface area contributed by atoms with Crippen molar-refractivity contribution in [3.05, 3.63) is 58.7 Å². The highest BCUT2D eigenvalue weighted by atomic mass is 35.5. The van der Waals surface area contributed by atoms with Crippen molar-refractivity contribution >= 4 is 29.2 Å². The Morgan fingerprint density at radius 3 is 2.28 bits per heavy atom. The van der Waals surface area contributed by atoms with Gasteiger partial charge in [-0.15, -0.1) is 0 Å². The summed E-state index contributed by atoms with van der Waals surface area (Å²) in [6, 6.07) is 12.3. The van der Waals surface area contributed by atoms with E-state index in [2.05, 4.69) is 15.2 Å². The first-order valence-corrected chi connectivity index (χ1v) is 10.3. The predicted octanol–water partition coefficient (Wildman–Crippen LogP) is 3.15. The van der Waals surface area contributed by atoms with Gasteiger partial charge in [-0.1, -0.05) is 49.2 Å². The van der Waals surface area contributed by atoms with Crippen molar-refractivity contribution < 1.29 is 9.59 Å². The lowest BCUT2D eigenvalue weighted by Crippen LogP contribution is -2.56. The molecule has 1 unspecified atom stereocenters. The summed E-state index contributed by atoms with van der Waals surface area (Å²) >= 11 is 5.98. The van der Waals surface area contributed by atoms with Gasteiger partial charge in [0.15, 0.2) is 0 Å². The molecule has 1 saturated heterocycles. The third kappa shape index (κ3) is 5.26. The number of amides is 2. The number of piperazine rings is 1. The lowest BCUT2D eigenvalue weighted by atomic mass is 10.0. The van der Waals surface area contributed by atoms with Gasteiger partial charge in [-0.05, 0) is 37.1 Å². The molecule has 1 aliphatic rings. The first kappa shape index (κ1) is 21.1. The average Bonchev–Trinajstić information content (AvgIpc) is 2.72. The second-order valence-electron chi connectivity index (χ2n) is 7.69.